The number of nitrogens with one attached hydrogen (secondary N) is 1. The number of allylic oxidation sites excluding steroid dienone is 4. The first-order valence-corrected chi connectivity index (χ1v) is 15.8. The molecule has 44 heavy (non-hydrogen) atoms. The minimum absolute atomic E-state index is 0.674. The molecule has 0 atom stereocenters. The molecule has 1 aliphatic heterocycles. The fourth-order valence-corrected chi connectivity index (χ4v) is 7.61. The average molecular weight is 586 g/mol. The molecule has 0 radical (unpaired) electrons. The Morgan fingerprint density at radius 1 is 0.659 bits per heavy atom. The number of nitrogens with zero attached hydrogens (tertiary/aromatic N) is 4. The molecule has 0 bridgehead atoms. The van der Waals surface area contributed by atoms with Gasteiger partial charge in [0.25, 0.3) is 0 Å². The van der Waals surface area contributed by atoms with Crippen LogP contribution in [0.3, 0.4) is 0 Å². The van der Waals surface area contributed by atoms with E-state index in [0.29, 0.717) is 17.5 Å². The smallest absolute Gasteiger partial charge is 0.164 e. The standard InChI is InChI=1S/C38H27N5S/c1-3-11-24(12-4-1)36-40-37(25-13-5-2-6-14-25)42-38(41-36)26-19-21-27(22-20-26)43-30-17-9-7-15-28(30)34-35(43)33-29-16-8-10-18-31(29)44-32(33)23-39-34/h1,3-5,7-22,39H,2,6,23H2. The monoisotopic (exact) mass is 585 g/mol. The summed E-state index contributed by atoms with van der Waals surface area (Å²) < 4.78 is 3.73. The topological polar surface area (TPSA) is 55.6 Å². The van der Waals surface area contributed by atoms with Crippen molar-refractivity contribution in [2.45, 2.75) is 19.4 Å². The first-order valence-electron chi connectivity index (χ1n) is 15.0. The second-order valence-corrected chi connectivity index (χ2v) is 12.3. The summed E-state index contributed by atoms with van der Waals surface area (Å²) in [5, 5.41) is 6.31. The lowest BCUT2D eigenvalue weighted by atomic mass is 10.0. The van der Waals surface area contributed by atoms with Crippen LogP contribution in [0.4, 0.5) is 5.69 Å². The van der Waals surface area contributed by atoms with Gasteiger partial charge in [0.05, 0.1) is 23.4 Å². The molecule has 4 heterocycles. The van der Waals surface area contributed by atoms with Crippen molar-refractivity contribution in [2.24, 2.45) is 0 Å². The van der Waals surface area contributed by atoms with Crippen LogP contribution in [0.5, 0.6) is 0 Å². The molecule has 1 aliphatic carbocycles. The Labute approximate surface area is 258 Å². The number of thiophene rings is 1. The van der Waals surface area contributed by atoms with E-state index in [1.807, 2.05) is 41.7 Å². The first-order chi connectivity index (χ1) is 21.8. The third-order valence-corrected chi connectivity index (χ3v) is 9.68. The Kier molecular flexibility index (Phi) is 5.81. The highest BCUT2D eigenvalue weighted by molar-refractivity contribution is 7.19. The molecule has 5 nitrogen and oxygen atoms in total. The highest BCUT2D eigenvalue weighted by Crippen LogP contribution is 2.49. The molecule has 0 fully saturated rings. The van der Waals surface area contributed by atoms with E-state index in [1.54, 1.807) is 0 Å². The SMILES string of the molecule is C1=CC(c2nc(-c3ccccc3)nc(-c3ccc(-n4c5c(c6ccccc64)NCc4sc6ccccc6c4-5)cc3)n2)=CCC1. The highest BCUT2D eigenvalue weighted by atomic mass is 32.1. The van der Waals surface area contributed by atoms with Crippen LogP contribution in [0.1, 0.15) is 23.5 Å². The van der Waals surface area contributed by atoms with Crippen molar-refractivity contribution in [1.29, 1.82) is 0 Å². The normalized spacial score (nSPS) is 13.9. The molecule has 0 saturated heterocycles. The third kappa shape index (κ3) is 4.02. The van der Waals surface area contributed by atoms with Gasteiger partial charge in [-0.15, -0.1) is 11.3 Å². The van der Waals surface area contributed by atoms with E-state index < -0.39 is 0 Å². The summed E-state index contributed by atoms with van der Waals surface area (Å²) in [4.78, 5) is 16.2. The Morgan fingerprint density at radius 3 is 2.16 bits per heavy atom. The van der Waals surface area contributed by atoms with Crippen LogP contribution in [-0.4, -0.2) is 19.5 Å². The van der Waals surface area contributed by atoms with Crippen LogP contribution in [0, 0.1) is 0 Å². The zero-order chi connectivity index (χ0) is 29.0. The molecule has 0 saturated carbocycles. The van der Waals surface area contributed by atoms with Crippen LogP contribution in [-0.2, 0) is 6.54 Å². The van der Waals surface area contributed by atoms with E-state index in [1.165, 1.54) is 42.8 Å². The van der Waals surface area contributed by atoms with E-state index in [0.717, 1.165) is 41.8 Å². The predicted octanol–water partition coefficient (Wildman–Crippen LogP) is 9.69. The largest absolute Gasteiger partial charge is 0.378 e. The molecule has 210 valence electrons. The number of anilines is 1. The number of para-hydroxylation sites is 1. The fraction of sp³-hybridized carbons (Fsp3) is 0.0789. The van der Waals surface area contributed by atoms with Crippen molar-refractivity contribution < 1.29 is 0 Å². The quantitative estimate of drug-likeness (QED) is 0.223. The van der Waals surface area contributed by atoms with Gasteiger partial charge in [-0.1, -0.05) is 85.0 Å². The molecule has 0 spiro atoms. The lowest BCUT2D eigenvalue weighted by Crippen LogP contribution is -2.08. The molecule has 0 amide bonds. The summed E-state index contributed by atoms with van der Waals surface area (Å²) >= 11 is 1.88. The predicted molar refractivity (Wildman–Crippen MR) is 182 cm³/mol. The zero-order valence-corrected chi connectivity index (χ0v) is 24.7. The van der Waals surface area contributed by atoms with E-state index in [2.05, 4.69) is 101 Å². The zero-order valence-electron chi connectivity index (χ0n) is 23.9. The third-order valence-electron chi connectivity index (χ3n) is 8.51. The molecular formula is C38H27N5S. The Balaban J connectivity index is 1.20. The van der Waals surface area contributed by atoms with Gasteiger partial charge in [0, 0.05) is 48.3 Å². The van der Waals surface area contributed by atoms with Gasteiger partial charge in [-0.3, -0.25) is 0 Å². The number of fused-ring (bicyclic) bond motifs is 7. The molecule has 6 heteroatoms. The van der Waals surface area contributed by atoms with Gasteiger partial charge in [0.1, 0.15) is 0 Å². The van der Waals surface area contributed by atoms with E-state index in [-0.39, 0.29) is 0 Å². The van der Waals surface area contributed by atoms with Gasteiger partial charge in [-0.25, -0.2) is 15.0 Å². The maximum absolute atomic E-state index is 4.97. The minimum Gasteiger partial charge on any atom is -0.378 e. The number of hydrogen-bond acceptors (Lipinski definition) is 5. The minimum atomic E-state index is 0.674. The lowest BCUT2D eigenvalue weighted by molar-refractivity contribution is 1.01. The highest BCUT2D eigenvalue weighted by Gasteiger charge is 2.28. The van der Waals surface area contributed by atoms with Gasteiger partial charge in [-0.2, -0.15) is 0 Å². The number of hydrogen-bond donors (Lipinski definition) is 1. The van der Waals surface area contributed by atoms with Gasteiger partial charge in [-0.05, 0) is 49.2 Å². The Morgan fingerprint density at radius 2 is 1.36 bits per heavy atom. The molecule has 4 aromatic carbocycles. The Hall–Kier alpha value is -5.33. The van der Waals surface area contributed by atoms with Crippen LogP contribution >= 0.6 is 11.3 Å². The summed E-state index contributed by atoms with van der Waals surface area (Å²) in [5.41, 5.74) is 9.03. The van der Waals surface area contributed by atoms with Crippen molar-refractivity contribution >= 4 is 43.6 Å². The molecule has 2 aliphatic rings. The summed E-state index contributed by atoms with van der Waals surface area (Å²) in [6.07, 6.45) is 8.57. The van der Waals surface area contributed by atoms with Crippen LogP contribution < -0.4 is 5.32 Å². The van der Waals surface area contributed by atoms with Crippen LogP contribution in [0.15, 0.2) is 121 Å². The molecule has 1 N–H and O–H groups in total. The number of benzene rings is 4. The summed E-state index contributed by atoms with van der Waals surface area (Å²) in [6, 6.07) is 36.2. The van der Waals surface area contributed by atoms with Crippen molar-refractivity contribution in [3.05, 3.63) is 132 Å². The summed E-state index contributed by atoms with van der Waals surface area (Å²) in [6.45, 7) is 0.839. The lowest BCUT2D eigenvalue weighted by Gasteiger charge is -2.19. The van der Waals surface area contributed by atoms with Gasteiger partial charge in [0.2, 0.25) is 0 Å². The fourth-order valence-electron chi connectivity index (χ4n) is 6.46. The maximum Gasteiger partial charge on any atom is 0.164 e. The van der Waals surface area contributed by atoms with E-state index in [9.17, 15) is 0 Å². The number of aromatic nitrogens is 4. The molecule has 7 aromatic rings. The second-order valence-electron chi connectivity index (χ2n) is 11.2. The van der Waals surface area contributed by atoms with Crippen LogP contribution in [0.25, 0.3) is 66.3 Å². The van der Waals surface area contributed by atoms with Gasteiger partial charge < -0.3 is 9.88 Å². The maximum atomic E-state index is 4.97. The van der Waals surface area contributed by atoms with Gasteiger partial charge >= 0.3 is 0 Å². The van der Waals surface area contributed by atoms with E-state index >= 15 is 0 Å². The molecule has 0 unspecified atom stereocenters. The Bertz CT molecular complexity index is 2270. The number of rotatable bonds is 4. The summed E-state index contributed by atoms with van der Waals surface area (Å²) in [7, 11) is 0. The summed E-state index contributed by atoms with van der Waals surface area (Å²) in [5.74, 6) is 2.07. The molecular weight excluding hydrogens is 559 g/mol. The van der Waals surface area contributed by atoms with Crippen LogP contribution in [0.2, 0.25) is 0 Å². The second kappa shape index (κ2) is 10.1. The van der Waals surface area contributed by atoms with Crippen molar-refractivity contribution in [1.82, 2.24) is 19.5 Å². The van der Waals surface area contributed by atoms with Crippen molar-refractivity contribution in [3.8, 4) is 39.7 Å². The van der Waals surface area contributed by atoms with E-state index in [4.69, 9.17) is 15.0 Å². The van der Waals surface area contributed by atoms with Crippen molar-refractivity contribution in [2.75, 3.05) is 5.32 Å². The van der Waals surface area contributed by atoms with Gasteiger partial charge in [0.15, 0.2) is 17.5 Å². The van der Waals surface area contributed by atoms with Crippen molar-refractivity contribution in [3.63, 3.8) is 0 Å². The molecule has 9 rings (SSSR count). The molecule has 3 aromatic heterocycles. The first kappa shape index (κ1) is 25.2. The average Bonchev–Trinajstić information content (AvgIpc) is 3.65.